The average Bonchev–Trinajstić information content (AvgIpc) is 3.44. The van der Waals surface area contributed by atoms with E-state index in [1.165, 1.54) is 22.5 Å². The molecule has 0 radical (unpaired) electrons. The van der Waals surface area contributed by atoms with Gasteiger partial charge < -0.3 is 14.4 Å². The number of hydrogen-bond donors (Lipinski definition) is 0. The summed E-state index contributed by atoms with van der Waals surface area (Å²) in [6, 6.07) is 37.9. The highest BCUT2D eigenvalue weighted by Gasteiger charge is 2.30. The molecule has 248 valence electrons. The zero-order valence-electron chi connectivity index (χ0n) is 27.6. The molecule has 0 atom stereocenters. The van der Waals surface area contributed by atoms with Crippen LogP contribution in [-0.4, -0.2) is 60.2 Å². The molecule has 2 heterocycles. The molecule has 9 heteroatoms. The van der Waals surface area contributed by atoms with Crippen molar-refractivity contribution in [1.82, 2.24) is 14.4 Å². The van der Waals surface area contributed by atoms with E-state index in [9.17, 15) is 14.9 Å². The van der Waals surface area contributed by atoms with Gasteiger partial charge in [0.1, 0.15) is 22.2 Å². The first-order valence-electron chi connectivity index (χ1n) is 16.3. The van der Waals surface area contributed by atoms with Gasteiger partial charge in [-0.25, -0.2) is 0 Å². The van der Waals surface area contributed by atoms with E-state index < -0.39 is 0 Å². The molecule has 0 N–H and O–H groups in total. The number of piperazine rings is 1. The summed E-state index contributed by atoms with van der Waals surface area (Å²) < 4.78 is 13.2. The van der Waals surface area contributed by atoms with Crippen LogP contribution >= 0.6 is 11.3 Å². The van der Waals surface area contributed by atoms with E-state index in [0.29, 0.717) is 47.7 Å². The second kappa shape index (κ2) is 15.6. The fourth-order valence-corrected chi connectivity index (χ4v) is 7.25. The van der Waals surface area contributed by atoms with Gasteiger partial charge >= 0.3 is 0 Å². The minimum Gasteiger partial charge on any atom is -0.497 e. The van der Waals surface area contributed by atoms with Crippen LogP contribution < -0.4 is 24.2 Å². The molecule has 0 spiro atoms. The zero-order chi connectivity index (χ0) is 34.2. The molecule has 4 aromatic carbocycles. The van der Waals surface area contributed by atoms with E-state index in [1.807, 2.05) is 91.9 Å². The maximum absolute atomic E-state index is 14.1. The number of methoxy groups -OCH3 is 1. The summed E-state index contributed by atoms with van der Waals surface area (Å²) in [5.41, 5.74) is 3.75. The number of hydrogen-bond acceptors (Lipinski definition) is 7. The van der Waals surface area contributed by atoms with Gasteiger partial charge in [0.05, 0.1) is 30.8 Å². The van der Waals surface area contributed by atoms with E-state index in [2.05, 4.69) is 35.2 Å². The normalized spacial score (nSPS) is 14.4. The van der Waals surface area contributed by atoms with Crippen LogP contribution in [0.5, 0.6) is 11.5 Å². The van der Waals surface area contributed by atoms with Crippen LogP contribution in [0.3, 0.4) is 0 Å². The molecule has 1 amide bonds. The molecule has 6 rings (SSSR count). The summed E-state index contributed by atoms with van der Waals surface area (Å²) in [7, 11) is 1.60. The smallest absolute Gasteiger partial charge is 0.269 e. The molecule has 1 aliphatic rings. The van der Waals surface area contributed by atoms with Gasteiger partial charge in [-0.1, -0.05) is 84.9 Å². The fraction of sp³-hybridized carbons (Fsp3) is 0.225. The summed E-state index contributed by atoms with van der Waals surface area (Å²) in [4.78, 5) is 32.2. The van der Waals surface area contributed by atoms with Crippen molar-refractivity contribution < 1.29 is 14.3 Å². The zero-order valence-corrected chi connectivity index (χ0v) is 28.4. The Morgan fingerprint density at radius 1 is 0.857 bits per heavy atom. The van der Waals surface area contributed by atoms with Crippen LogP contribution in [0.1, 0.15) is 35.2 Å². The summed E-state index contributed by atoms with van der Waals surface area (Å²) in [6.45, 7) is 4.88. The second-order valence-corrected chi connectivity index (χ2v) is 12.7. The van der Waals surface area contributed by atoms with Crippen molar-refractivity contribution in [3.8, 4) is 17.6 Å². The van der Waals surface area contributed by atoms with E-state index in [1.54, 1.807) is 22.7 Å². The molecule has 0 saturated carbocycles. The Morgan fingerprint density at radius 3 is 2.00 bits per heavy atom. The lowest BCUT2D eigenvalue weighted by molar-refractivity contribution is -0.126. The summed E-state index contributed by atoms with van der Waals surface area (Å²) in [6.07, 6.45) is 1.79. The van der Waals surface area contributed by atoms with E-state index in [4.69, 9.17) is 9.47 Å². The number of aromatic nitrogens is 1. The van der Waals surface area contributed by atoms with Crippen LogP contribution in [0.2, 0.25) is 0 Å². The predicted molar refractivity (Wildman–Crippen MR) is 193 cm³/mol. The van der Waals surface area contributed by atoms with E-state index >= 15 is 0 Å². The Bertz CT molecular complexity index is 2050. The Morgan fingerprint density at radius 2 is 1.45 bits per heavy atom. The third-order valence-corrected chi connectivity index (χ3v) is 9.76. The number of nitriles is 1. The minimum absolute atomic E-state index is 0.0296. The molecule has 5 aromatic rings. The SMILES string of the molecule is CCOc1ccc(C=c2sc(=C(C#N)C(=O)N3CCN(C(c4ccccc4)c4ccccc4)CC3)n(Cc3ccc(OC)cc3)c2=O)cc1. The van der Waals surface area contributed by atoms with Gasteiger partial charge in [0.2, 0.25) is 0 Å². The molecule has 0 unspecified atom stereocenters. The van der Waals surface area contributed by atoms with Crippen molar-refractivity contribution in [2.45, 2.75) is 19.5 Å². The Balaban J connectivity index is 1.34. The molecular weight excluding hydrogens is 633 g/mol. The Kier molecular flexibility index (Phi) is 10.7. The van der Waals surface area contributed by atoms with E-state index in [0.717, 1.165) is 16.9 Å². The fourth-order valence-electron chi connectivity index (χ4n) is 6.15. The van der Waals surface area contributed by atoms with E-state index in [-0.39, 0.29) is 29.6 Å². The van der Waals surface area contributed by atoms with Crippen LogP contribution in [0.4, 0.5) is 0 Å². The van der Waals surface area contributed by atoms with Gasteiger partial charge in [0.15, 0.2) is 5.57 Å². The number of thiazole rings is 1. The molecule has 0 aliphatic carbocycles. The van der Waals surface area contributed by atoms with Crippen LogP contribution in [0.25, 0.3) is 11.6 Å². The number of amides is 1. The third-order valence-electron chi connectivity index (χ3n) is 8.63. The Hall–Kier alpha value is -5.43. The van der Waals surface area contributed by atoms with Crippen molar-refractivity contribution in [2.75, 3.05) is 39.9 Å². The molecule has 8 nitrogen and oxygen atoms in total. The lowest BCUT2D eigenvalue weighted by Gasteiger charge is -2.39. The molecule has 1 aromatic heterocycles. The van der Waals surface area contributed by atoms with Gasteiger partial charge in [0, 0.05) is 26.2 Å². The number of benzene rings is 4. The maximum atomic E-state index is 14.1. The third kappa shape index (κ3) is 7.67. The number of rotatable bonds is 10. The molecule has 49 heavy (non-hydrogen) atoms. The number of ether oxygens (including phenoxy) is 2. The van der Waals surface area contributed by atoms with Gasteiger partial charge in [0.25, 0.3) is 11.5 Å². The minimum atomic E-state index is -0.365. The number of carbonyl (C=O) groups is 1. The molecule has 0 bridgehead atoms. The topological polar surface area (TPSA) is 87.8 Å². The largest absolute Gasteiger partial charge is 0.497 e. The highest BCUT2D eigenvalue weighted by molar-refractivity contribution is 7.07. The Labute approximate surface area is 290 Å². The van der Waals surface area contributed by atoms with Crippen LogP contribution in [0.15, 0.2) is 114 Å². The molecular formula is C40H38N4O4S. The van der Waals surface area contributed by atoms with Crippen molar-refractivity contribution in [3.63, 3.8) is 0 Å². The van der Waals surface area contributed by atoms with Crippen LogP contribution in [-0.2, 0) is 11.3 Å². The number of nitrogens with zero attached hydrogens (tertiary/aromatic N) is 4. The highest BCUT2D eigenvalue weighted by atomic mass is 32.1. The predicted octanol–water partition coefficient (Wildman–Crippen LogP) is 4.80. The monoisotopic (exact) mass is 670 g/mol. The summed E-state index contributed by atoms with van der Waals surface area (Å²) in [5.74, 6) is 1.08. The number of carbonyl (C=O) groups excluding carboxylic acids is 1. The van der Waals surface area contributed by atoms with Crippen molar-refractivity contribution >= 4 is 28.9 Å². The first kappa shape index (κ1) is 33.5. The van der Waals surface area contributed by atoms with Crippen molar-refractivity contribution in [2.24, 2.45) is 0 Å². The molecule has 1 saturated heterocycles. The summed E-state index contributed by atoms with van der Waals surface area (Å²) >= 11 is 1.17. The van der Waals surface area contributed by atoms with Gasteiger partial charge in [-0.05, 0) is 59.5 Å². The second-order valence-electron chi connectivity index (χ2n) is 11.7. The lowest BCUT2D eigenvalue weighted by atomic mass is 9.96. The molecule has 1 fully saturated rings. The first-order valence-corrected chi connectivity index (χ1v) is 17.2. The van der Waals surface area contributed by atoms with Crippen LogP contribution in [0, 0.1) is 11.3 Å². The highest BCUT2D eigenvalue weighted by Crippen LogP contribution is 2.29. The lowest BCUT2D eigenvalue weighted by Crippen LogP contribution is -2.50. The van der Waals surface area contributed by atoms with Gasteiger partial charge in [-0.3, -0.25) is 19.1 Å². The quantitative estimate of drug-likeness (QED) is 0.212. The maximum Gasteiger partial charge on any atom is 0.269 e. The van der Waals surface area contributed by atoms with Gasteiger partial charge in [-0.2, -0.15) is 5.26 Å². The summed E-state index contributed by atoms with van der Waals surface area (Å²) in [5, 5.41) is 10.5. The molecule has 1 aliphatic heterocycles. The average molecular weight is 671 g/mol. The standard InChI is InChI=1S/C40H38N4O4S/c1-3-48-34-20-14-29(15-21-34)26-36-39(46)44(28-30-16-18-33(47-2)19-17-30)40(49-36)35(27-41)38(45)43-24-22-42(23-25-43)37(31-10-6-4-7-11-31)32-12-8-5-9-13-32/h4-21,26,37H,3,22-25,28H2,1-2H3. The van der Waals surface area contributed by atoms with Crippen molar-refractivity contribution in [1.29, 1.82) is 5.26 Å². The first-order chi connectivity index (χ1) is 24.0. The van der Waals surface area contributed by atoms with Crippen molar-refractivity contribution in [3.05, 3.63) is 151 Å². The van der Waals surface area contributed by atoms with Gasteiger partial charge in [-0.15, -0.1) is 11.3 Å².